The largest absolute Gasteiger partial charge is 0.311 e. The summed E-state index contributed by atoms with van der Waals surface area (Å²) in [7, 11) is 0. The molecule has 0 unspecified atom stereocenters. The molecule has 0 aliphatic heterocycles. The average Bonchev–Trinajstić information content (AvgIpc) is 3.11. The van der Waals surface area contributed by atoms with E-state index >= 15 is 0 Å². The first-order valence-corrected chi connectivity index (χ1v) is 15.7. The highest BCUT2D eigenvalue weighted by atomic mass is 15.1. The first-order chi connectivity index (χ1) is 22.3. The van der Waals surface area contributed by atoms with E-state index in [9.17, 15) is 0 Å². The molecule has 45 heavy (non-hydrogen) atoms. The fourth-order valence-electron chi connectivity index (χ4n) is 7.05. The van der Waals surface area contributed by atoms with Crippen LogP contribution < -0.4 is 4.90 Å². The molecule has 0 saturated carbocycles. The van der Waals surface area contributed by atoms with Crippen LogP contribution >= 0.6 is 0 Å². The molecule has 0 radical (unpaired) electrons. The molecule has 0 amide bonds. The van der Waals surface area contributed by atoms with Gasteiger partial charge < -0.3 is 4.90 Å². The fourth-order valence-corrected chi connectivity index (χ4v) is 7.05. The molecular formula is C43H30N2. The number of anilines is 2. The van der Waals surface area contributed by atoms with Crippen LogP contribution in [0.1, 0.15) is 12.8 Å². The number of rotatable bonds is 4. The maximum atomic E-state index is 5.40. The molecule has 0 atom stereocenters. The third-order valence-electron chi connectivity index (χ3n) is 9.18. The molecule has 0 N–H and O–H groups in total. The minimum absolute atomic E-state index is 1.04. The molecule has 2 nitrogen and oxygen atoms in total. The molecule has 212 valence electrons. The van der Waals surface area contributed by atoms with Crippen LogP contribution in [-0.4, -0.2) is 4.98 Å². The van der Waals surface area contributed by atoms with Gasteiger partial charge in [0.2, 0.25) is 0 Å². The zero-order valence-electron chi connectivity index (χ0n) is 24.8. The minimum Gasteiger partial charge on any atom is -0.311 e. The summed E-state index contributed by atoms with van der Waals surface area (Å²) in [5.74, 6) is 0. The summed E-state index contributed by atoms with van der Waals surface area (Å²) < 4.78 is 0. The molecular weight excluding hydrogens is 544 g/mol. The number of hydrogen-bond donors (Lipinski definition) is 0. The summed E-state index contributed by atoms with van der Waals surface area (Å²) in [5, 5.41) is 9.59. The Labute approximate surface area is 262 Å². The van der Waals surface area contributed by atoms with Crippen LogP contribution in [0.15, 0.2) is 163 Å². The van der Waals surface area contributed by atoms with E-state index < -0.39 is 0 Å². The molecule has 9 rings (SSSR count). The lowest BCUT2D eigenvalue weighted by atomic mass is 9.92. The summed E-state index contributed by atoms with van der Waals surface area (Å²) in [4.78, 5) is 7.80. The van der Waals surface area contributed by atoms with Crippen molar-refractivity contribution in [1.29, 1.82) is 0 Å². The predicted molar refractivity (Wildman–Crippen MR) is 192 cm³/mol. The Morgan fingerprint density at radius 3 is 1.78 bits per heavy atom. The Bertz CT molecular complexity index is 2410. The van der Waals surface area contributed by atoms with Crippen molar-refractivity contribution < 1.29 is 0 Å². The predicted octanol–water partition coefficient (Wildman–Crippen LogP) is 11.9. The van der Waals surface area contributed by atoms with E-state index in [1.165, 1.54) is 59.9 Å². The van der Waals surface area contributed by atoms with Gasteiger partial charge in [-0.25, -0.2) is 4.98 Å². The molecule has 2 heteroatoms. The fraction of sp³-hybridized carbons (Fsp3) is 0.0465. The third kappa shape index (κ3) is 4.29. The normalized spacial score (nSPS) is 13.2. The molecule has 0 spiro atoms. The smallest absolute Gasteiger partial charge is 0.0794 e. The molecule has 7 aromatic carbocycles. The van der Waals surface area contributed by atoms with Crippen molar-refractivity contribution >= 4 is 65.5 Å². The van der Waals surface area contributed by atoms with E-state index in [4.69, 9.17) is 4.98 Å². The van der Waals surface area contributed by atoms with Gasteiger partial charge >= 0.3 is 0 Å². The van der Waals surface area contributed by atoms with Gasteiger partial charge in [0.1, 0.15) is 0 Å². The molecule has 0 bridgehead atoms. The van der Waals surface area contributed by atoms with E-state index in [1.807, 2.05) is 0 Å². The highest BCUT2D eigenvalue weighted by molar-refractivity contribution is 6.21. The van der Waals surface area contributed by atoms with Gasteiger partial charge in [-0.05, 0) is 70.3 Å². The summed E-state index contributed by atoms with van der Waals surface area (Å²) in [5.41, 5.74) is 7.99. The van der Waals surface area contributed by atoms with Crippen molar-refractivity contribution in [2.24, 2.45) is 0 Å². The monoisotopic (exact) mass is 574 g/mol. The second-order valence-electron chi connectivity index (χ2n) is 11.9. The topological polar surface area (TPSA) is 16.1 Å². The van der Waals surface area contributed by atoms with Crippen LogP contribution in [0.4, 0.5) is 11.4 Å². The second-order valence-corrected chi connectivity index (χ2v) is 11.9. The minimum atomic E-state index is 1.04. The zero-order chi connectivity index (χ0) is 29.7. The SMILES string of the molecule is C1=CC(N(c2cccc(-c3c4ccc5ccccc5c4nc4c3ccc3ccccc34)c2)c2ccc3ccccc3c2)=CCC1. The van der Waals surface area contributed by atoms with Crippen LogP contribution in [0, 0.1) is 0 Å². The van der Waals surface area contributed by atoms with Gasteiger partial charge in [-0.1, -0.05) is 127 Å². The molecule has 0 saturated heterocycles. The molecule has 1 aliphatic carbocycles. The second kappa shape index (κ2) is 10.5. The van der Waals surface area contributed by atoms with Crippen LogP contribution in [0.3, 0.4) is 0 Å². The molecule has 0 fully saturated rings. The van der Waals surface area contributed by atoms with Gasteiger partial charge in [0.15, 0.2) is 0 Å². The van der Waals surface area contributed by atoms with Crippen molar-refractivity contribution in [2.45, 2.75) is 12.8 Å². The highest BCUT2D eigenvalue weighted by Gasteiger charge is 2.19. The molecule has 1 aromatic heterocycles. The maximum Gasteiger partial charge on any atom is 0.0794 e. The van der Waals surface area contributed by atoms with Crippen molar-refractivity contribution in [2.75, 3.05) is 4.90 Å². The highest BCUT2D eigenvalue weighted by Crippen LogP contribution is 2.42. The lowest BCUT2D eigenvalue weighted by molar-refractivity contribution is 0.997. The van der Waals surface area contributed by atoms with Crippen LogP contribution in [0.25, 0.3) is 65.3 Å². The summed E-state index contributed by atoms with van der Waals surface area (Å²) >= 11 is 0. The number of allylic oxidation sites excluding steroid dienone is 3. The van der Waals surface area contributed by atoms with E-state index in [1.54, 1.807) is 0 Å². The molecule has 1 aliphatic rings. The number of fused-ring (bicyclic) bond motifs is 7. The number of pyridine rings is 1. The lowest BCUT2D eigenvalue weighted by Crippen LogP contribution is -2.16. The van der Waals surface area contributed by atoms with Crippen molar-refractivity contribution in [3.63, 3.8) is 0 Å². The Hall–Kier alpha value is -5.73. The van der Waals surface area contributed by atoms with Gasteiger partial charge in [-0.2, -0.15) is 0 Å². The first kappa shape index (κ1) is 25.7. The van der Waals surface area contributed by atoms with E-state index in [0.717, 1.165) is 35.2 Å². The molecule has 1 heterocycles. The van der Waals surface area contributed by atoms with Crippen LogP contribution in [0.2, 0.25) is 0 Å². The Balaban J connectivity index is 1.33. The maximum absolute atomic E-state index is 5.40. The van der Waals surface area contributed by atoms with Crippen LogP contribution in [-0.2, 0) is 0 Å². The Kier molecular flexibility index (Phi) is 5.99. The van der Waals surface area contributed by atoms with Crippen LogP contribution in [0.5, 0.6) is 0 Å². The third-order valence-corrected chi connectivity index (χ3v) is 9.18. The Morgan fingerprint density at radius 2 is 1.09 bits per heavy atom. The quantitative estimate of drug-likeness (QED) is 0.153. The summed E-state index contributed by atoms with van der Waals surface area (Å²) in [6, 6.07) is 50.6. The van der Waals surface area contributed by atoms with Crippen molar-refractivity contribution in [3.05, 3.63) is 163 Å². The van der Waals surface area contributed by atoms with E-state index in [0.29, 0.717) is 0 Å². The van der Waals surface area contributed by atoms with Crippen molar-refractivity contribution in [1.82, 2.24) is 4.98 Å². The number of benzene rings is 7. The van der Waals surface area contributed by atoms with E-state index in [-0.39, 0.29) is 0 Å². The number of hydrogen-bond acceptors (Lipinski definition) is 2. The van der Waals surface area contributed by atoms with Gasteiger partial charge in [-0.3, -0.25) is 0 Å². The van der Waals surface area contributed by atoms with Gasteiger partial charge in [0.05, 0.1) is 11.0 Å². The number of aromatic nitrogens is 1. The van der Waals surface area contributed by atoms with E-state index in [2.05, 4.69) is 163 Å². The Morgan fingerprint density at radius 1 is 0.467 bits per heavy atom. The van der Waals surface area contributed by atoms with Gasteiger partial charge in [0.25, 0.3) is 0 Å². The van der Waals surface area contributed by atoms with Crippen molar-refractivity contribution in [3.8, 4) is 11.1 Å². The van der Waals surface area contributed by atoms with Gasteiger partial charge in [-0.15, -0.1) is 0 Å². The first-order valence-electron chi connectivity index (χ1n) is 15.7. The van der Waals surface area contributed by atoms with Gasteiger partial charge in [0, 0.05) is 44.2 Å². The summed E-state index contributed by atoms with van der Waals surface area (Å²) in [6.07, 6.45) is 9.02. The standard InChI is InChI=1S/C43H30N2/c1-2-16-34(17-3-1)45(36-24-21-29-11-4-5-14-32(29)27-36)35-18-10-15-33(28-35)41-39-25-22-30-12-6-8-19-37(30)42(39)44-43-38-20-9-7-13-31(38)23-26-40(41)43/h2,4-28H,1,3H2. The number of nitrogens with zero attached hydrogens (tertiary/aromatic N) is 2. The average molecular weight is 575 g/mol. The summed E-state index contributed by atoms with van der Waals surface area (Å²) in [6.45, 7) is 0. The lowest BCUT2D eigenvalue weighted by Gasteiger charge is -2.28. The zero-order valence-corrected chi connectivity index (χ0v) is 24.8. The molecule has 8 aromatic rings.